The van der Waals surface area contributed by atoms with Crippen molar-refractivity contribution < 1.29 is 59.0 Å². The van der Waals surface area contributed by atoms with Crippen LogP contribution in [0.15, 0.2) is 0 Å². The second-order valence-electron chi connectivity index (χ2n) is 2.12. The van der Waals surface area contributed by atoms with Crippen LogP contribution in [0.5, 0.6) is 0 Å². The van der Waals surface area contributed by atoms with Gasteiger partial charge in [-0.25, -0.2) is 0 Å². The Kier molecular flexibility index (Phi) is 10.7. The summed E-state index contributed by atoms with van der Waals surface area (Å²) in [7, 11) is -4.82. The van der Waals surface area contributed by atoms with E-state index < -0.39 is 17.1 Å². The molecule has 0 aromatic rings. The summed E-state index contributed by atoms with van der Waals surface area (Å²) in [6, 6.07) is -0.125. The molecule has 0 amide bonds. The van der Waals surface area contributed by atoms with Crippen LogP contribution >= 0.6 is 8.25 Å². The van der Waals surface area contributed by atoms with Gasteiger partial charge in [0.15, 0.2) is 0 Å². The standard InChI is InChI=1S/C4H12O6PSi.Na.H/c1-9-11(5)10-3-2-4-12(6,7)8;;/h6-8H,2-4H2,1H3;;/q2*+1;-1. The SMILES string of the molecule is CO[P+](=O)OCCC[Si](O)(O)O.[H-].[Na+]. The molecular formula is C4H13NaO6PSi+. The minimum Gasteiger partial charge on any atom is -1.00 e. The first kappa shape index (κ1) is 16.5. The molecule has 0 aliphatic rings. The third-order valence-corrected chi connectivity index (χ3v) is 2.72. The van der Waals surface area contributed by atoms with Crippen LogP contribution in [0.2, 0.25) is 6.04 Å². The van der Waals surface area contributed by atoms with E-state index >= 15 is 0 Å². The summed E-state index contributed by atoms with van der Waals surface area (Å²) >= 11 is 0. The molecule has 6 nitrogen and oxygen atoms in total. The second kappa shape index (κ2) is 8.43. The van der Waals surface area contributed by atoms with Gasteiger partial charge in [0, 0.05) is 10.6 Å². The molecule has 0 aromatic heterocycles. The van der Waals surface area contributed by atoms with Crippen molar-refractivity contribution in [3.8, 4) is 0 Å². The summed E-state index contributed by atoms with van der Waals surface area (Å²) in [5.41, 5.74) is 0. The summed E-state index contributed by atoms with van der Waals surface area (Å²) in [5.74, 6) is 0. The van der Waals surface area contributed by atoms with Crippen molar-refractivity contribution in [2.75, 3.05) is 13.7 Å². The summed E-state index contributed by atoms with van der Waals surface area (Å²) < 4.78 is 19.3. The topological polar surface area (TPSA) is 96.2 Å². The molecule has 0 saturated heterocycles. The Hall–Kier alpha value is 1.12. The van der Waals surface area contributed by atoms with E-state index in [0.717, 1.165) is 0 Å². The quantitative estimate of drug-likeness (QED) is 0.256. The molecule has 3 N–H and O–H groups in total. The smallest absolute Gasteiger partial charge is 1.00 e. The zero-order valence-corrected chi connectivity index (χ0v) is 11.5. The molecule has 1 unspecified atom stereocenters. The maximum absolute atomic E-state index is 10.5. The molecule has 1 atom stereocenters. The fourth-order valence-electron chi connectivity index (χ4n) is 0.501. The Morgan fingerprint density at radius 1 is 1.46 bits per heavy atom. The van der Waals surface area contributed by atoms with Gasteiger partial charge in [-0.3, -0.25) is 0 Å². The molecule has 0 saturated carbocycles. The molecule has 0 aliphatic heterocycles. The molecule has 13 heavy (non-hydrogen) atoms. The Bertz CT molecular complexity index is 155. The Morgan fingerprint density at radius 2 is 2.00 bits per heavy atom. The molecule has 74 valence electrons. The van der Waals surface area contributed by atoms with Crippen molar-refractivity contribution in [1.29, 1.82) is 0 Å². The first-order valence-corrected chi connectivity index (χ1v) is 6.41. The minimum absolute atomic E-state index is 0. The second-order valence-corrected chi connectivity index (χ2v) is 5.24. The largest absolute Gasteiger partial charge is 1.00 e. The van der Waals surface area contributed by atoms with Gasteiger partial charge in [0.05, 0.1) is 7.11 Å². The maximum atomic E-state index is 10.5. The van der Waals surface area contributed by atoms with E-state index in [9.17, 15) is 4.57 Å². The molecule has 9 heteroatoms. The van der Waals surface area contributed by atoms with Gasteiger partial charge in [0.2, 0.25) is 0 Å². The average Bonchev–Trinajstić information content (AvgIpc) is 1.96. The molecule has 0 aliphatic carbocycles. The summed E-state index contributed by atoms with van der Waals surface area (Å²) in [6.45, 7) is 0.0689. The first-order valence-electron chi connectivity index (χ1n) is 3.27. The van der Waals surface area contributed by atoms with Crippen molar-refractivity contribution in [3.05, 3.63) is 0 Å². The predicted molar refractivity (Wildman–Crippen MR) is 43.5 cm³/mol. The van der Waals surface area contributed by atoms with Gasteiger partial charge >= 0.3 is 46.6 Å². The number of rotatable bonds is 6. The van der Waals surface area contributed by atoms with Gasteiger partial charge in [-0.15, -0.1) is 9.05 Å². The van der Waals surface area contributed by atoms with Crippen molar-refractivity contribution >= 4 is 17.1 Å². The molecule has 0 bridgehead atoms. The molecule has 0 radical (unpaired) electrons. The first-order chi connectivity index (χ1) is 5.45. The van der Waals surface area contributed by atoms with Crippen molar-refractivity contribution in [2.45, 2.75) is 12.5 Å². The average molecular weight is 239 g/mol. The molecule has 0 rings (SSSR count). The van der Waals surface area contributed by atoms with E-state index in [2.05, 4.69) is 9.05 Å². The van der Waals surface area contributed by atoms with Gasteiger partial charge < -0.3 is 15.8 Å². The maximum Gasteiger partial charge on any atom is 1.00 e. The van der Waals surface area contributed by atoms with Crippen molar-refractivity contribution in [3.63, 3.8) is 0 Å². The normalized spacial score (nSPS) is 12.2. The van der Waals surface area contributed by atoms with Crippen LogP contribution in [0.4, 0.5) is 0 Å². The fraction of sp³-hybridized carbons (Fsp3) is 1.00. The summed E-state index contributed by atoms with van der Waals surface area (Å²) in [6.07, 6.45) is 0.236. The Labute approximate surface area is 102 Å². The van der Waals surface area contributed by atoms with Crippen LogP contribution in [0.3, 0.4) is 0 Å². The predicted octanol–water partition coefficient (Wildman–Crippen LogP) is -3.27. The summed E-state index contributed by atoms with van der Waals surface area (Å²) in [4.78, 5) is 25.6. The monoisotopic (exact) mass is 239 g/mol. The third-order valence-electron chi connectivity index (χ3n) is 1.00. The summed E-state index contributed by atoms with van der Waals surface area (Å²) in [5, 5.41) is 0. The number of hydrogen-bond acceptors (Lipinski definition) is 6. The van der Waals surface area contributed by atoms with E-state index in [4.69, 9.17) is 14.4 Å². The van der Waals surface area contributed by atoms with Crippen molar-refractivity contribution in [2.24, 2.45) is 0 Å². The van der Waals surface area contributed by atoms with Gasteiger partial charge in [0.25, 0.3) is 0 Å². The van der Waals surface area contributed by atoms with Crippen LogP contribution in [0, 0.1) is 0 Å². The van der Waals surface area contributed by atoms with E-state index in [1.165, 1.54) is 7.11 Å². The van der Waals surface area contributed by atoms with Crippen LogP contribution in [-0.4, -0.2) is 36.9 Å². The van der Waals surface area contributed by atoms with Crippen LogP contribution in [-0.2, 0) is 13.6 Å². The van der Waals surface area contributed by atoms with E-state index in [-0.39, 0.29) is 50.1 Å². The van der Waals surface area contributed by atoms with Gasteiger partial charge in [-0.05, 0) is 6.42 Å². The Morgan fingerprint density at radius 3 is 2.38 bits per heavy atom. The van der Waals surface area contributed by atoms with E-state index in [1.807, 2.05) is 0 Å². The molecule has 0 heterocycles. The number of hydrogen-bond donors (Lipinski definition) is 3. The molecule has 0 spiro atoms. The van der Waals surface area contributed by atoms with Gasteiger partial charge in [-0.2, -0.15) is 0 Å². The van der Waals surface area contributed by atoms with E-state index in [1.54, 1.807) is 0 Å². The van der Waals surface area contributed by atoms with Crippen LogP contribution < -0.4 is 29.6 Å². The zero-order chi connectivity index (χ0) is 9.61. The van der Waals surface area contributed by atoms with E-state index in [0.29, 0.717) is 0 Å². The zero-order valence-electron chi connectivity index (χ0n) is 8.63. The van der Waals surface area contributed by atoms with Crippen molar-refractivity contribution in [1.82, 2.24) is 0 Å². The Balaban J connectivity index is -0.000000605. The third kappa shape index (κ3) is 13.1. The van der Waals surface area contributed by atoms with Gasteiger partial charge in [0.1, 0.15) is 6.61 Å². The molecular weight excluding hydrogens is 226 g/mol. The molecule has 0 aromatic carbocycles. The minimum atomic E-state index is -3.96. The fourth-order valence-corrected chi connectivity index (χ4v) is 1.50. The molecule has 0 fully saturated rings. The van der Waals surface area contributed by atoms with Gasteiger partial charge in [-0.1, -0.05) is 0 Å². The van der Waals surface area contributed by atoms with Crippen LogP contribution in [0.1, 0.15) is 7.85 Å². The van der Waals surface area contributed by atoms with Crippen LogP contribution in [0.25, 0.3) is 0 Å².